The Morgan fingerprint density at radius 1 is 1.40 bits per heavy atom. The molecule has 0 unspecified atom stereocenters. The highest BCUT2D eigenvalue weighted by Gasteiger charge is 2.11. The Morgan fingerprint density at radius 2 is 2.20 bits per heavy atom. The van der Waals surface area contributed by atoms with Crippen LogP contribution in [0.4, 0.5) is 5.69 Å². The van der Waals surface area contributed by atoms with Crippen molar-refractivity contribution in [3.63, 3.8) is 0 Å². The number of esters is 1. The summed E-state index contributed by atoms with van der Waals surface area (Å²) in [6.45, 7) is 3.69. The Morgan fingerprint density at radius 3 is 2.95 bits per heavy atom. The zero-order valence-electron chi connectivity index (χ0n) is 11.8. The maximum Gasteiger partial charge on any atom is 0.339 e. The number of methoxy groups -OCH3 is 1. The first-order valence-electron chi connectivity index (χ1n) is 6.66. The van der Waals surface area contributed by atoms with Crippen LogP contribution in [0.15, 0.2) is 36.8 Å². The molecule has 1 aromatic heterocycles. The van der Waals surface area contributed by atoms with Gasteiger partial charge in [0.05, 0.1) is 31.2 Å². The van der Waals surface area contributed by atoms with E-state index in [2.05, 4.69) is 21.8 Å². The lowest BCUT2D eigenvalue weighted by atomic mass is 10.2. The topological polar surface area (TPSA) is 56.2 Å². The Labute approximate surface area is 118 Å². The third kappa shape index (κ3) is 3.17. The molecule has 20 heavy (non-hydrogen) atoms. The monoisotopic (exact) mass is 273 g/mol. The van der Waals surface area contributed by atoms with Gasteiger partial charge in [-0.15, -0.1) is 0 Å². The lowest BCUT2D eigenvalue weighted by molar-refractivity contribution is 0.0602. The fraction of sp³-hybridized carbons (Fsp3) is 0.333. The van der Waals surface area contributed by atoms with E-state index >= 15 is 0 Å². The second-order valence-corrected chi connectivity index (χ2v) is 4.47. The van der Waals surface area contributed by atoms with E-state index < -0.39 is 0 Å². The van der Waals surface area contributed by atoms with Gasteiger partial charge < -0.3 is 14.6 Å². The second-order valence-electron chi connectivity index (χ2n) is 4.47. The lowest BCUT2D eigenvalue weighted by Crippen LogP contribution is -2.10. The number of nitrogens with zero attached hydrogens (tertiary/aromatic N) is 2. The molecule has 0 saturated heterocycles. The third-order valence-corrected chi connectivity index (χ3v) is 3.06. The van der Waals surface area contributed by atoms with Crippen molar-refractivity contribution < 1.29 is 9.53 Å². The van der Waals surface area contributed by atoms with Crippen LogP contribution in [0.1, 0.15) is 29.4 Å². The fourth-order valence-corrected chi connectivity index (χ4v) is 2.05. The highest BCUT2D eigenvalue weighted by Crippen LogP contribution is 2.17. The summed E-state index contributed by atoms with van der Waals surface area (Å²) in [4.78, 5) is 15.8. The number of rotatable bonds is 6. The van der Waals surface area contributed by atoms with Gasteiger partial charge in [0.15, 0.2) is 0 Å². The van der Waals surface area contributed by atoms with Gasteiger partial charge in [0.25, 0.3) is 0 Å². The number of aryl methyl sites for hydroxylation is 1. The van der Waals surface area contributed by atoms with Gasteiger partial charge in [0.1, 0.15) is 0 Å². The Kier molecular flexibility index (Phi) is 4.76. The molecular formula is C15H19N3O2. The number of ether oxygens (including phenoxy) is 1. The highest BCUT2D eigenvalue weighted by molar-refractivity contribution is 5.95. The maximum absolute atomic E-state index is 11.7. The third-order valence-electron chi connectivity index (χ3n) is 3.06. The quantitative estimate of drug-likeness (QED) is 0.822. The summed E-state index contributed by atoms with van der Waals surface area (Å²) >= 11 is 0. The molecule has 5 heteroatoms. The molecule has 1 aromatic carbocycles. The smallest absolute Gasteiger partial charge is 0.339 e. The number of nitrogens with one attached hydrogen (secondary N) is 1. The van der Waals surface area contributed by atoms with Crippen molar-refractivity contribution in [2.75, 3.05) is 12.4 Å². The predicted molar refractivity (Wildman–Crippen MR) is 77.6 cm³/mol. The number of imidazole rings is 1. The maximum atomic E-state index is 11.7. The zero-order valence-corrected chi connectivity index (χ0v) is 11.8. The normalized spacial score (nSPS) is 10.3. The number of hydrogen-bond acceptors (Lipinski definition) is 4. The van der Waals surface area contributed by atoms with Crippen LogP contribution in [0.5, 0.6) is 0 Å². The van der Waals surface area contributed by atoms with E-state index in [9.17, 15) is 4.79 Å². The van der Waals surface area contributed by atoms with Crippen LogP contribution < -0.4 is 5.32 Å². The molecule has 0 radical (unpaired) electrons. The molecule has 0 amide bonds. The van der Waals surface area contributed by atoms with Gasteiger partial charge in [0, 0.05) is 18.4 Å². The number of hydrogen-bond donors (Lipinski definition) is 1. The molecular weight excluding hydrogens is 254 g/mol. The first-order valence-corrected chi connectivity index (χ1v) is 6.66. The van der Waals surface area contributed by atoms with Crippen molar-refractivity contribution in [3.8, 4) is 0 Å². The van der Waals surface area contributed by atoms with Crippen molar-refractivity contribution in [3.05, 3.63) is 48.0 Å². The van der Waals surface area contributed by atoms with E-state index in [1.807, 2.05) is 30.7 Å². The molecule has 0 spiro atoms. The minimum absolute atomic E-state index is 0.338. The van der Waals surface area contributed by atoms with Gasteiger partial charge in [-0.05, 0) is 18.6 Å². The minimum Gasteiger partial charge on any atom is -0.465 e. The van der Waals surface area contributed by atoms with Crippen molar-refractivity contribution in [1.82, 2.24) is 9.55 Å². The molecule has 0 saturated carbocycles. The fourth-order valence-electron chi connectivity index (χ4n) is 2.05. The average molecular weight is 273 g/mol. The van der Waals surface area contributed by atoms with Gasteiger partial charge in [-0.2, -0.15) is 0 Å². The van der Waals surface area contributed by atoms with E-state index in [4.69, 9.17) is 4.74 Å². The van der Waals surface area contributed by atoms with Crippen molar-refractivity contribution in [1.29, 1.82) is 0 Å². The molecule has 1 heterocycles. The first-order chi connectivity index (χ1) is 9.76. The van der Waals surface area contributed by atoms with Crippen LogP contribution in [-0.2, 0) is 17.8 Å². The molecule has 106 valence electrons. The number of aromatic nitrogens is 2. The standard InChI is InChI=1S/C15H19N3O2/c1-3-8-18-11-16-9-12(18)10-17-14-7-5-4-6-13(14)15(19)20-2/h4-7,9,11,17H,3,8,10H2,1-2H3. The summed E-state index contributed by atoms with van der Waals surface area (Å²) in [6.07, 6.45) is 4.72. The van der Waals surface area contributed by atoms with Gasteiger partial charge in [-0.3, -0.25) is 0 Å². The first kappa shape index (κ1) is 14.1. The van der Waals surface area contributed by atoms with Crippen LogP contribution in [0.2, 0.25) is 0 Å². The van der Waals surface area contributed by atoms with Crippen molar-refractivity contribution in [2.24, 2.45) is 0 Å². The minimum atomic E-state index is -0.338. The van der Waals surface area contributed by atoms with Crippen LogP contribution in [0.25, 0.3) is 0 Å². The molecule has 5 nitrogen and oxygen atoms in total. The number of benzene rings is 1. The predicted octanol–water partition coefficient (Wildman–Crippen LogP) is 2.69. The molecule has 2 aromatic rings. The van der Waals surface area contributed by atoms with Crippen LogP contribution in [-0.4, -0.2) is 22.6 Å². The van der Waals surface area contributed by atoms with Gasteiger partial charge >= 0.3 is 5.97 Å². The van der Waals surface area contributed by atoms with E-state index in [0.717, 1.165) is 24.3 Å². The Balaban J connectivity index is 2.11. The number of para-hydroxylation sites is 1. The molecule has 0 aliphatic heterocycles. The molecule has 0 fully saturated rings. The lowest BCUT2D eigenvalue weighted by Gasteiger charge is -2.12. The highest BCUT2D eigenvalue weighted by atomic mass is 16.5. The zero-order chi connectivity index (χ0) is 14.4. The van der Waals surface area contributed by atoms with Gasteiger partial charge in [-0.25, -0.2) is 9.78 Å². The van der Waals surface area contributed by atoms with Crippen LogP contribution in [0.3, 0.4) is 0 Å². The number of carbonyl (C=O) groups excluding carboxylic acids is 1. The Hall–Kier alpha value is -2.30. The average Bonchev–Trinajstić information content (AvgIpc) is 2.92. The molecule has 1 N–H and O–H groups in total. The summed E-state index contributed by atoms with van der Waals surface area (Å²) in [5.41, 5.74) is 2.40. The number of anilines is 1. The summed E-state index contributed by atoms with van der Waals surface area (Å²) in [7, 11) is 1.38. The molecule has 2 rings (SSSR count). The summed E-state index contributed by atoms with van der Waals surface area (Å²) in [6, 6.07) is 7.32. The second kappa shape index (κ2) is 6.75. The van der Waals surface area contributed by atoms with Gasteiger partial charge in [0.2, 0.25) is 0 Å². The van der Waals surface area contributed by atoms with Crippen molar-refractivity contribution in [2.45, 2.75) is 26.4 Å². The summed E-state index contributed by atoms with van der Waals surface area (Å²) in [5.74, 6) is -0.338. The number of carbonyl (C=O) groups is 1. The summed E-state index contributed by atoms with van der Waals surface area (Å²) in [5, 5.41) is 3.27. The van der Waals surface area contributed by atoms with E-state index in [1.54, 1.807) is 6.07 Å². The van der Waals surface area contributed by atoms with E-state index in [-0.39, 0.29) is 5.97 Å². The SMILES string of the molecule is CCCn1cncc1CNc1ccccc1C(=O)OC. The molecule has 0 atom stereocenters. The van der Waals surface area contributed by atoms with E-state index in [0.29, 0.717) is 12.1 Å². The largest absolute Gasteiger partial charge is 0.465 e. The molecule has 0 bridgehead atoms. The summed E-state index contributed by atoms with van der Waals surface area (Å²) < 4.78 is 6.88. The van der Waals surface area contributed by atoms with E-state index in [1.165, 1.54) is 7.11 Å². The van der Waals surface area contributed by atoms with Crippen LogP contribution >= 0.6 is 0 Å². The molecule has 0 aliphatic rings. The Bertz CT molecular complexity index is 578. The van der Waals surface area contributed by atoms with Crippen molar-refractivity contribution >= 4 is 11.7 Å². The van der Waals surface area contributed by atoms with Gasteiger partial charge in [-0.1, -0.05) is 19.1 Å². The molecule has 0 aliphatic carbocycles. The van der Waals surface area contributed by atoms with Crippen LogP contribution in [0, 0.1) is 0 Å².